The van der Waals surface area contributed by atoms with Crippen molar-refractivity contribution in [3.63, 3.8) is 0 Å². The number of Topliss-reactive ketones (excluding diaryl/α,β-unsaturated/α-hetero) is 1. The first-order chi connectivity index (χ1) is 21.8. The van der Waals surface area contributed by atoms with Gasteiger partial charge < -0.3 is 30.5 Å². The normalized spacial score (nSPS) is 40.9. The molecule has 8 nitrogen and oxygen atoms in total. The van der Waals surface area contributed by atoms with Crippen molar-refractivity contribution in [3.8, 4) is 5.75 Å². The summed E-state index contributed by atoms with van der Waals surface area (Å²) in [6, 6.07) is 12.3. The number of carbonyl (C=O) groups excluding carboxylic acids is 2. The highest BCUT2D eigenvalue weighted by Crippen LogP contribution is 2.73. The first kappa shape index (κ1) is 31.2. The van der Waals surface area contributed by atoms with Gasteiger partial charge >= 0.3 is 0 Å². The Morgan fingerprint density at radius 1 is 1.11 bits per heavy atom. The molecule has 1 aliphatic heterocycles. The maximum absolute atomic E-state index is 17.7. The number of aromatic hydroxyl groups is 1. The number of phenols is 1. The third-order valence-corrected chi connectivity index (χ3v) is 12.0. The van der Waals surface area contributed by atoms with Gasteiger partial charge in [0.1, 0.15) is 12.4 Å². The van der Waals surface area contributed by atoms with E-state index in [9.17, 15) is 29.3 Å². The molecule has 1 heterocycles. The molecule has 2 aromatic rings. The number of fused-ring (bicyclic) bond motifs is 7. The van der Waals surface area contributed by atoms with E-state index in [2.05, 4.69) is 0 Å². The van der Waals surface area contributed by atoms with Crippen LogP contribution < -0.4 is 5.73 Å². The number of aliphatic hydroxyl groups excluding tert-OH is 2. The summed E-state index contributed by atoms with van der Waals surface area (Å²) in [5.74, 6) is -3.17. The van der Waals surface area contributed by atoms with Crippen molar-refractivity contribution < 1.29 is 43.2 Å². The first-order valence-corrected chi connectivity index (χ1v) is 15.8. The van der Waals surface area contributed by atoms with Crippen molar-refractivity contribution in [2.24, 2.45) is 28.6 Å². The lowest BCUT2D eigenvalue weighted by Gasteiger charge is -2.63. The average molecular weight is 636 g/mol. The third kappa shape index (κ3) is 4.03. The van der Waals surface area contributed by atoms with Gasteiger partial charge in [-0.2, -0.15) is 0 Å². The number of rotatable bonds is 6. The van der Waals surface area contributed by atoms with Gasteiger partial charge in [-0.1, -0.05) is 37.3 Å². The number of aliphatic hydroxyl groups is 2. The summed E-state index contributed by atoms with van der Waals surface area (Å²) in [6.45, 7) is 1.72. The van der Waals surface area contributed by atoms with Crippen molar-refractivity contribution in [1.82, 2.24) is 0 Å². The second kappa shape index (κ2) is 10.5. The van der Waals surface area contributed by atoms with Crippen LogP contribution in [0.25, 0.3) is 0 Å². The lowest BCUT2D eigenvalue weighted by atomic mass is 9.43. The van der Waals surface area contributed by atoms with Crippen LogP contribution in [0, 0.1) is 28.6 Å². The Labute approximate surface area is 265 Å². The molecular weight excluding hydrogens is 596 g/mol. The molecule has 0 amide bonds. The smallest absolute Gasteiger partial charge is 0.193 e. The molecule has 10 atom stereocenters. The van der Waals surface area contributed by atoms with Crippen LogP contribution in [0.15, 0.2) is 66.3 Å². The van der Waals surface area contributed by atoms with Crippen LogP contribution in [-0.2, 0) is 25.5 Å². The van der Waals surface area contributed by atoms with Crippen LogP contribution in [0.2, 0.25) is 0 Å². The van der Waals surface area contributed by atoms with E-state index in [1.54, 1.807) is 38.1 Å². The molecule has 0 bridgehead atoms. The molecule has 7 rings (SSSR count). The van der Waals surface area contributed by atoms with Crippen LogP contribution >= 0.6 is 0 Å². The predicted octanol–water partition coefficient (Wildman–Crippen LogP) is 4.46. The van der Waals surface area contributed by atoms with Crippen molar-refractivity contribution >= 4 is 17.3 Å². The standard InChI is InChI=1S/C36H39F2NO7/c1-33-10-9-24(41)14-25(33)22(17-37)12-27-26-15-31-36(30(44)18-40,34(26,2)16-29(43)35(27,33)38)46-32(45-31)21-6-5-20(28(42)13-21)11-19-3-7-23(39)8-4-19/h3-10,13-14,22,26-27,29,31-32,40,42-43H,11-12,15-18,39H2,1-2H3/t22-,26?,27+,29+,31-,32-,33+,34+,35+,36-/m1/s1. The number of anilines is 1. The highest BCUT2D eigenvalue weighted by atomic mass is 19.1. The number of carbonyl (C=O) groups is 2. The Balaban J connectivity index is 1.23. The van der Waals surface area contributed by atoms with Gasteiger partial charge in [0.25, 0.3) is 0 Å². The SMILES string of the molecule is C[C@]12C=CC(=O)C=C1[C@@H](CF)C[C@H]1C3C[C@H]4O[C@@H](c5ccc(Cc6ccc(N)cc6)c(O)c5)O[C@@]4(C(=O)CO)[C@@]3(C)C[C@H](O)[C@@]12F. The Hall–Kier alpha value is -3.44. The molecule has 10 heteroatoms. The number of nitrogen functional groups attached to an aromatic ring is 1. The molecule has 0 spiro atoms. The summed E-state index contributed by atoms with van der Waals surface area (Å²) in [5, 5.41) is 32.9. The monoisotopic (exact) mass is 635 g/mol. The van der Waals surface area contributed by atoms with Crippen molar-refractivity contribution in [1.29, 1.82) is 0 Å². The van der Waals surface area contributed by atoms with Crippen LogP contribution in [0.4, 0.5) is 14.5 Å². The summed E-state index contributed by atoms with van der Waals surface area (Å²) in [6.07, 6.45) is 0.969. The van der Waals surface area contributed by atoms with Gasteiger partial charge in [0.05, 0.1) is 18.9 Å². The summed E-state index contributed by atoms with van der Waals surface area (Å²) in [7, 11) is 0. The zero-order chi connectivity index (χ0) is 32.8. The van der Waals surface area contributed by atoms with Crippen LogP contribution in [-0.4, -0.2) is 63.6 Å². The number of benzene rings is 2. The van der Waals surface area contributed by atoms with E-state index < -0.39 is 77.4 Å². The highest BCUT2D eigenvalue weighted by molar-refractivity contribution is 6.01. The molecule has 0 aromatic heterocycles. The molecule has 2 aromatic carbocycles. The van der Waals surface area contributed by atoms with E-state index in [0.717, 1.165) is 5.56 Å². The van der Waals surface area contributed by atoms with Gasteiger partial charge in [-0.05, 0) is 79.2 Å². The van der Waals surface area contributed by atoms with Gasteiger partial charge in [0, 0.05) is 40.3 Å². The molecule has 1 unspecified atom stereocenters. The van der Waals surface area contributed by atoms with E-state index >= 15 is 4.39 Å². The number of phenolic OH excluding ortho intramolecular Hbond substituents is 1. The minimum atomic E-state index is -2.25. The predicted molar refractivity (Wildman–Crippen MR) is 164 cm³/mol. The zero-order valence-corrected chi connectivity index (χ0v) is 25.8. The van der Waals surface area contributed by atoms with Crippen LogP contribution in [0.1, 0.15) is 56.1 Å². The summed E-state index contributed by atoms with van der Waals surface area (Å²) in [4.78, 5) is 26.1. The maximum atomic E-state index is 17.7. The number of hydrogen-bond donors (Lipinski definition) is 4. The zero-order valence-electron chi connectivity index (χ0n) is 25.8. The van der Waals surface area contributed by atoms with E-state index in [1.807, 2.05) is 12.1 Å². The Morgan fingerprint density at radius 2 is 1.85 bits per heavy atom. The second-order valence-electron chi connectivity index (χ2n) is 14.2. The van der Waals surface area contributed by atoms with Gasteiger partial charge in [-0.15, -0.1) is 0 Å². The average Bonchev–Trinajstić information content (AvgIpc) is 3.53. The maximum Gasteiger partial charge on any atom is 0.193 e. The summed E-state index contributed by atoms with van der Waals surface area (Å²) >= 11 is 0. The van der Waals surface area contributed by atoms with E-state index in [-0.39, 0.29) is 30.8 Å². The quantitative estimate of drug-likeness (QED) is 0.342. The molecule has 0 radical (unpaired) electrons. The van der Waals surface area contributed by atoms with Gasteiger partial charge in [0.2, 0.25) is 0 Å². The fraction of sp³-hybridized carbons (Fsp3) is 0.500. The highest BCUT2D eigenvalue weighted by Gasteiger charge is 2.79. The largest absolute Gasteiger partial charge is 0.508 e. The fourth-order valence-electron chi connectivity index (χ4n) is 9.80. The Bertz CT molecular complexity index is 1660. The Kier molecular flexibility index (Phi) is 7.14. The number of ketones is 2. The van der Waals surface area contributed by atoms with Crippen LogP contribution in [0.5, 0.6) is 5.75 Å². The van der Waals surface area contributed by atoms with Crippen molar-refractivity contribution in [2.45, 2.75) is 69.3 Å². The molecule has 46 heavy (non-hydrogen) atoms. The lowest BCUT2D eigenvalue weighted by molar-refractivity contribution is -0.235. The summed E-state index contributed by atoms with van der Waals surface area (Å²) in [5.41, 5.74) is 2.26. The molecule has 1 saturated heterocycles. The molecule has 4 fully saturated rings. The number of halogens is 2. The van der Waals surface area contributed by atoms with Crippen molar-refractivity contribution in [2.75, 3.05) is 19.0 Å². The molecule has 4 aliphatic carbocycles. The van der Waals surface area contributed by atoms with Gasteiger partial charge in [-0.25, -0.2) is 4.39 Å². The summed E-state index contributed by atoms with van der Waals surface area (Å²) < 4.78 is 45.2. The number of nitrogens with two attached hydrogens (primary N) is 1. The number of allylic oxidation sites excluding steroid dienone is 4. The van der Waals surface area contributed by atoms with Gasteiger partial charge in [-0.3, -0.25) is 14.0 Å². The molecular formula is C36H39F2NO7. The molecule has 5 N–H and O–H groups in total. The van der Waals surface area contributed by atoms with Crippen LogP contribution in [0.3, 0.4) is 0 Å². The number of hydrogen-bond acceptors (Lipinski definition) is 8. The minimum absolute atomic E-state index is 0.0103. The fourth-order valence-corrected chi connectivity index (χ4v) is 9.80. The molecule has 244 valence electrons. The number of ether oxygens (including phenoxy) is 2. The van der Waals surface area contributed by atoms with Crippen molar-refractivity contribution in [3.05, 3.63) is 83.0 Å². The molecule has 3 saturated carbocycles. The Morgan fingerprint density at radius 3 is 2.52 bits per heavy atom. The van der Waals surface area contributed by atoms with E-state index in [0.29, 0.717) is 28.8 Å². The second-order valence-corrected chi connectivity index (χ2v) is 14.2. The topological polar surface area (TPSA) is 139 Å². The first-order valence-electron chi connectivity index (χ1n) is 15.8. The van der Waals surface area contributed by atoms with E-state index in [4.69, 9.17) is 15.2 Å². The minimum Gasteiger partial charge on any atom is -0.508 e. The van der Waals surface area contributed by atoms with E-state index in [1.165, 1.54) is 24.3 Å². The van der Waals surface area contributed by atoms with Gasteiger partial charge in [0.15, 0.2) is 29.1 Å². The number of alkyl halides is 2. The lowest BCUT2D eigenvalue weighted by Crippen LogP contribution is -2.70. The third-order valence-electron chi connectivity index (χ3n) is 12.0. The molecule has 5 aliphatic rings.